The molecule has 56 heavy (non-hydrogen) atoms. The number of benzene rings is 1. The SMILES string of the molecule is CC[C@H](C)[C@H](NC(=O)OC(C)(C)C)C(=O)O[C@H]1CC[C@]2(C)[C@H]3C(=O)C=C4[C@@H]5C[C@@](C)(C(=O)OCc6ccccc6)CC[C@]5(C)CC[C@@]4(C)[C@]3(C)CC[C@H]2C1(C)C. The molecule has 1 aromatic rings. The quantitative estimate of drug-likeness (QED) is 0.207. The van der Waals surface area contributed by atoms with E-state index in [4.69, 9.17) is 14.2 Å². The van der Waals surface area contributed by atoms with Gasteiger partial charge in [0, 0.05) is 11.3 Å². The molecule has 0 unspecified atom stereocenters. The zero-order valence-corrected chi connectivity index (χ0v) is 36.6. The van der Waals surface area contributed by atoms with Crippen molar-refractivity contribution in [3.05, 3.63) is 47.5 Å². The summed E-state index contributed by atoms with van der Waals surface area (Å²) in [6, 6.07) is 9.05. The predicted octanol–water partition coefficient (Wildman–Crippen LogP) is 10.6. The third-order valence-electron chi connectivity index (χ3n) is 16.6. The molecule has 4 fully saturated rings. The van der Waals surface area contributed by atoms with Gasteiger partial charge in [-0.05, 0) is 137 Å². The molecule has 0 saturated heterocycles. The van der Waals surface area contributed by atoms with Crippen molar-refractivity contribution < 1.29 is 33.4 Å². The van der Waals surface area contributed by atoms with Crippen LogP contribution in [0, 0.1) is 56.2 Å². The molecular weight excluding hydrogens is 703 g/mol. The molecule has 8 heteroatoms. The number of hydrogen-bond donors (Lipinski definition) is 1. The van der Waals surface area contributed by atoms with Crippen molar-refractivity contribution >= 4 is 23.8 Å². The van der Waals surface area contributed by atoms with Gasteiger partial charge >= 0.3 is 18.0 Å². The highest BCUT2D eigenvalue weighted by Gasteiger charge is 2.70. The summed E-state index contributed by atoms with van der Waals surface area (Å²) in [7, 11) is 0. The van der Waals surface area contributed by atoms with E-state index in [0.717, 1.165) is 50.5 Å². The highest BCUT2D eigenvalue weighted by Crippen LogP contribution is 2.75. The van der Waals surface area contributed by atoms with Crippen LogP contribution in [0.5, 0.6) is 0 Å². The standard InChI is InChI=1S/C48H71NO7/c1-13-30(2)37(49-41(53)56-42(3,4)5)39(51)55-36-20-21-46(10)35(43(36,6)7)19-22-48(12)38(46)34(50)27-32-33-28-45(9,24-23-44(33,8)25-26-47(32,48)11)40(52)54-29-31-17-15-14-16-18-31/h14-18,27,30,33,35-38H,13,19-26,28-29H2,1-12H3,(H,49,53)/t30-,33-,35-,36-,37-,38+,44+,45-,46-,47+,48+/m0/s1. The number of ketones is 1. The van der Waals surface area contributed by atoms with Gasteiger partial charge in [-0.3, -0.25) is 9.59 Å². The Labute approximate surface area is 337 Å². The van der Waals surface area contributed by atoms with Crippen molar-refractivity contribution in [2.45, 2.75) is 172 Å². The Bertz CT molecular complexity index is 1730. The second-order valence-electron chi connectivity index (χ2n) is 21.6. The third-order valence-corrected chi connectivity index (χ3v) is 16.6. The Hall–Kier alpha value is -3.16. The van der Waals surface area contributed by atoms with Crippen LogP contribution in [0.25, 0.3) is 0 Å². The minimum atomic E-state index is -0.818. The van der Waals surface area contributed by atoms with Crippen LogP contribution < -0.4 is 5.32 Å². The van der Waals surface area contributed by atoms with Crippen LogP contribution in [0.3, 0.4) is 0 Å². The Balaban J connectivity index is 1.24. The van der Waals surface area contributed by atoms with E-state index >= 15 is 0 Å². The highest BCUT2D eigenvalue weighted by molar-refractivity contribution is 5.95. The molecule has 0 bridgehead atoms. The predicted molar refractivity (Wildman–Crippen MR) is 218 cm³/mol. The summed E-state index contributed by atoms with van der Waals surface area (Å²) < 4.78 is 17.9. The van der Waals surface area contributed by atoms with Crippen molar-refractivity contribution in [2.75, 3.05) is 0 Å². The van der Waals surface area contributed by atoms with E-state index in [1.54, 1.807) is 20.8 Å². The fourth-order valence-corrected chi connectivity index (χ4v) is 12.8. The van der Waals surface area contributed by atoms with Gasteiger partial charge in [0.1, 0.15) is 24.4 Å². The van der Waals surface area contributed by atoms with Crippen molar-refractivity contribution in [1.29, 1.82) is 0 Å². The average molecular weight is 774 g/mol. The number of nitrogens with one attached hydrogen (secondary N) is 1. The molecule has 11 atom stereocenters. The molecule has 0 heterocycles. The molecule has 310 valence electrons. The van der Waals surface area contributed by atoms with Gasteiger partial charge in [0.05, 0.1) is 5.41 Å². The Morgan fingerprint density at radius 2 is 1.55 bits per heavy atom. The zero-order valence-electron chi connectivity index (χ0n) is 36.6. The van der Waals surface area contributed by atoms with Gasteiger partial charge in [0.25, 0.3) is 0 Å². The largest absolute Gasteiger partial charge is 0.460 e. The molecule has 0 radical (unpaired) electrons. The summed E-state index contributed by atoms with van der Waals surface area (Å²) in [5.41, 5.74) is -0.111. The van der Waals surface area contributed by atoms with Gasteiger partial charge in [-0.15, -0.1) is 0 Å². The first-order chi connectivity index (χ1) is 25.9. The van der Waals surface area contributed by atoms with Gasteiger partial charge < -0.3 is 19.5 Å². The second kappa shape index (κ2) is 14.6. The fraction of sp³-hybridized carbons (Fsp3) is 0.750. The van der Waals surface area contributed by atoms with Gasteiger partial charge in [-0.25, -0.2) is 9.59 Å². The number of fused-ring (bicyclic) bond motifs is 7. The lowest BCUT2D eigenvalue weighted by molar-refractivity contribution is -0.212. The minimum absolute atomic E-state index is 0.0323. The number of carbonyl (C=O) groups is 4. The first kappa shape index (κ1) is 42.4. The molecule has 0 spiro atoms. The van der Waals surface area contributed by atoms with Crippen LogP contribution >= 0.6 is 0 Å². The van der Waals surface area contributed by atoms with Crippen molar-refractivity contribution in [3.8, 4) is 0 Å². The van der Waals surface area contributed by atoms with Gasteiger partial charge in [-0.1, -0.05) is 97.7 Å². The molecule has 0 aliphatic heterocycles. The van der Waals surface area contributed by atoms with E-state index in [1.807, 2.05) is 44.2 Å². The van der Waals surface area contributed by atoms with Crippen LogP contribution in [-0.2, 0) is 35.2 Å². The zero-order chi connectivity index (χ0) is 41.3. The van der Waals surface area contributed by atoms with E-state index in [2.05, 4.69) is 59.9 Å². The maximum atomic E-state index is 15.0. The second-order valence-corrected chi connectivity index (χ2v) is 21.6. The summed E-state index contributed by atoms with van der Waals surface area (Å²) in [6.45, 7) is 25.7. The Morgan fingerprint density at radius 1 is 0.893 bits per heavy atom. The number of ether oxygens (including phenoxy) is 3. The van der Waals surface area contributed by atoms with Gasteiger partial charge in [-0.2, -0.15) is 0 Å². The Morgan fingerprint density at radius 3 is 2.20 bits per heavy atom. The summed E-state index contributed by atoms with van der Waals surface area (Å²) in [4.78, 5) is 55.5. The number of hydrogen-bond acceptors (Lipinski definition) is 7. The lowest BCUT2D eigenvalue weighted by Gasteiger charge is -2.70. The van der Waals surface area contributed by atoms with E-state index in [0.29, 0.717) is 19.3 Å². The van der Waals surface area contributed by atoms with Crippen molar-refractivity contribution in [2.24, 2.45) is 56.2 Å². The summed E-state index contributed by atoms with van der Waals surface area (Å²) in [5.74, 6) is -0.315. The normalized spacial score (nSPS) is 38.6. The lowest BCUT2D eigenvalue weighted by atomic mass is 9.33. The van der Waals surface area contributed by atoms with E-state index in [9.17, 15) is 19.2 Å². The molecule has 4 saturated carbocycles. The maximum absolute atomic E-state index is 15.0. The van der Waals surface area contributed by atoms with Gasteiger partial charge in [0.2, 0.25) is 0 Å². The van der Waals surface area contributed by atoms with Crippen molar-refractivity contribution in [3.63, 3.8) is 0 Å². The van der Waals surface area contributed by atoms with Gasteiger partial charge in [0.15, 0.2) is 5.78 Å². The van der Waals surface area contributed by atoms with E-state index < -0.39 is 34.5 Å². The molecule has 8 nitrogen and oxygen atoms in total. The smallest absolute Gasteiger partial charge is 0.408 e. The van der Waals surface area contributed by atoms with Crippen LogP contribution in [0.15, 0.2) is 42.0 Å². The van der Waals surface area contributed by atoms with E-state index in [1.165, 1.54) is 5.57 Å². The van der Waals surface area contributed by atoms with E-state index in [-0.39, 0.29) is 69.8 Å². The first-order valence-electron chi connectivity index (χ1n) is 21.6. The summed E-state index contributed by atoms with van der Waals surface area (Å²) >= 11 is 0. The number of allylic oxidation sites excluding steroid dienone is 2. The molecule has 6 rings (SSSR count). The van der Waals surface area contributed by atoms with Crippen LogP contribution in [0.4, 0.5) is 4.79 Å². The number of rotatable bonds is 8. The average Bonchev–Trinajstić information content (AvgIpc) is 3.11. The summed E-state index contributed by atoms with van der Waals surface area (Å²) in [6.07, 6.45) is 9.62. The molecule has 1 aromatic carbocycles. The molecular formula is C48H71NO7. The fourth-order valence-electron chi connectivity index (χ4n) is 12.8. The lowest BCUT2D eigenvalue weighted by Crippen LogP contribution is -2.67. The molecule has 5 aliphatic rings. The monoisotopic (exact) mass is 774 g/mol. The number of alkyl carbamates (subject to hydrolysis) is 1. The van der Waals surface area contributed by atoms with Crippen LogP contribution in [-0.4, -0.2) is 41.6 Å². The topological polar surface area (TPSA) is 108 Å². The first-order valence-corrected chi connectivity index (χ1v) is 21.6. The molecule has 1 amide bonds. The Kier molecular flexibility index (Phi) is 11.1. The van der Waals surface area contributed by atoms with Crippen LogP contribution in [0.2, 0.25) is 0 Å². The van der Waals surface area contributed by atoms with Crippen molar-refractivity contribution in [1.82, 2.24) is 5.32 Å². The maximum Gasteiger partial charge on any atom is 0.408 e. The number of carbonyl (C=O) groups excluding carboxylic acids is 4. The summed E-state index contributed by atoms with van der Waals surface area (Å²) in [5, 5.41) is 2.82. The molecule has 0 aromatic heterocycles. The third kappa shape index (κ3) is 7.16. The minimum Gasteiger partial charge on any atom is -0.460 e. The molecule has 1 N–H and O–H groups in total. The van der Waals surface area contributed by atoms with Crippen LogP contribution in [0.1, 0.15) is 153 Å². The highest BCUT2D eigenvalue weighted by atomic mass is 16.6. The number of amides is 1. The molecule has 5 aliphatic carbocycles. The number of esters is 2.